The monoisotopic (exact) mass is 745 g/mol. The SMILES string of the molecule is CC1(C)c2ccccc2-c2ccc(-c3ccccc3N(c3ccccc3-c3cccc4c3C(C)(C)c3ccccc3-4)c3cccc4c3-c3ccccc3C4(C)C)cc21. The van der Waals surface area contributed by atoms with E-state index in [1.165, 1.54) is 100 Å². The van der Waals surface area contributed by atoms with Crippen LogP contribution in [-0.2, 0) is 16.2 Å². The van der Waals surface area contributed by atoms with Crippen LogP contribution in [0, 0.1) is 0 Å². The zero-order valence-electron chi connectivity index (χ0n) is 34.2. The Bertz CT molecular complexity index is 2990. The first-order valence-electron chi connectivity index (χ1n) is 20.8. The molecule has 280 valence electrons. The maximum atomic E-state index is 2.59. The van der Waals surface area contributed by atoms with Gasteiger partial charge < -0.3 is 4.90 Å². The summed E-state index contributed by atoms with van der Waals surface area (Å²) in [6.07, 6.45) is 0. The van der Waals surface area contributed by atoms with Gasteiger partial charge in [-0.2, -0.15) is 0 Å². The molecule has 0 spiro atoms. The molecule has 0 bridgehead atoms. The second-order valence-corrected chi connectivity index (χ2v) is 18.1. The molecule has 8 aromatic rings. The Hall–Kier alpha value is -6.44. The smallest absolute Gasteiger partial charge is 0.0543 e. The average molecular weight is 746 g/mol. The first-order chi connectivity index (χ1) is 28.1. The minimum absolute atomic E-state index is 0.100. The number of anilines is 3. The van der Waals surface area contributed by atoms with Gasteiger partial charge in [0.25, 0.3) is 0 Å². The fourth-order valence-electron chi connectivity index (χ4n) is 11.1. The van der Waals surface area contributed by atoms with Gasteiger partial charge in [0.1, 0.15) is 0 Å². The molecule has 58 heavy (non-hydrogen) atoms. The van der Waals surface area contributed by atoms with Gasteiger partial charge in [-0.3, -0.25) is 0 Å². The summed E-state index contributed by atoms with van der Waals surface area (Å²) in [7, 11) is 0. The molecule has 0 saturated heterocycles. The van der Waals surface area contributed by atoms with Gasteiger partial charge in [0.15, 0.2) is 0 Å². The van der Waals surface area contributed by atoms with Crippen molar-refractivity contribution in [2.45, 2.75) is 57.8 Å². The molecule has 0 atom stereocenters. The number of nitrogens with zero attached hydrogens (tertiary/aromatic N) is 1. The van der Waals surface area contributed by atoms with Gasteiger partial charge in [-0.25, -0.2) is 0 Å². The normalized spacial score (nSPS) is 15.5. The van der Waals surface area contributed by atoms with Crippen LogP contribution in [0.5, 0.6) is 0 Å². The van der Waals surface area contributed by atoms with Crippen molar-refractivity contribution in [3.8, 4) is 55.6 Å². The molecular weight excluding hydrogens is 699 g/mol. The third kappa shape index (κ3) is 4.71. The Balaban J connectivity index is 1.19. The largest absolute Gasteiger partial charge is 0.309 e. The van der Waals surface area contributed by atoms with Gasteiger partial charge in [-0.1, -0.05) is 193 Å². The summed E-state index contributed by atoms with van der Waals surface area (Å²) in [6, 6.07) is 66.2. The van der Waals surface area contributed by atoms with E-state index in [0.29, 0.717) is 0 Å². The van der Waals surface area contributed by atoms with Crippen molar-refractivity contribution < 1.29 is 0 Å². The van der Waals surface area contributed by atoms with Gasteiger partial charge in [0.2, 0.25) is 0 Å². The first kappa shape index (κ1) is 34.8. The van der Waals surface area contributed by atoms with Crippen molar-refractivity contribution in [2.24, 2.45) is 0 Å². The third-order valence-corrected chi connectivity index (χ3v) is 13.9. The van der Waals surface area contributed by atoms with Crippen LogP contribution in [0.4, 0.5) is 17.1 Å². The number of hydrogen-bond donors (Lipinski definition) is 0. The van der Waals surface area contributed by atoms with E-state index in [1.807, 2.05) is 0 Å². The molecule has 0 radical (unpaired) electrons. The van der Waals surface area contributed by atoms with Crippen LogP contribution in [0.25, 0.3) is 55.6 Å². The lowest BCUT2D eigenvalue weighted by molar-refractivity contribution is 0.660. The molecule has 0 unspecified atom stereocenters. The fourth-order valence-corrected chi connectivity index (χ4v) is 11.1. The minimum atomic E-state index is -0.163. The molecule has 1 heteroatoms. The van der Waals surface area contributed by atoms with Crippen molar-refractivity contribution in [1.82, 2.24) is 0 Å². The number of hydrogen-bond acceptors (Lipinski definition) is 1. The molecule has 0 saturated carbocycles. The molecule has 8 aromatic carbocycles. The molecule has 0 N–H and O–H groups in total. The van der Waals surface area contributed by atoms with Crippen molar-refractivity contribution in [3.63, 3.8) is 0 Å². The average Bonchev–Trinajstić information content (AvgIpc) is 3.74. The highest BCUT2D eigenvalue weighted by atomic mass is 15.2. The van der Waals surface area contributed by atoms with E-state index < -0.39 is 0 Å². The van der Waals surface area contributed by atoms with Crippen LogP contribution < -0.4 is 4.90 Å². The Morgan fingerprint density at radius 2 is 0.707 bits per heavy atom. The molecule has 1 nitrogen and oxygen atoms in total. The van der Waals surface area contributed by atoms with Crippen molar-refractivity contribution in [2.75, 3.05) is 4.90 Å². The summed E-state index contributed by atoms with van der Waals surface area (Å²) >= 11 is 0. The van der Waals surface area contributed by atoms with E-state index in [1.54, 1.807) is 0 Å². The van der Waals surface area contributed by atoms with Gasteiger partial charge in [-0.05, 0) is 96.6 Å². The number of benzene rings is 8. The lowest BCUT2D eigenvalue weighted by atomic mass is 9.78. The summed E-state index contributed by atoms with van der Waals surface area (Å²) in [4.78, 5) is 2.59. The molecule has 3 aliphatic carbocycles. The maximum absolute atomic E-state index is 2.59. The minimum Gasteiger partial charge on any atom is -0.309 e. The molecule has 0 aromatic heterocycles. The van der Waals surface area contributed by atoms with E-state index in [4.69, 9.17) is 0 Å². The number of fused-ring (bicyclic) bond motifs is 9. The van der Waals surface area contributed by atoms with E-state index in [2.05, 4.69) is 222 Å². The van der Waals surface area contributed by atoms with Crippen LogP contribution in [0.3, 0.4) is 0 Å². The van der Waals surface area contributed by atoms with E-state index in [0.717, 1.165) is 5.69 Å². The highest BCUT2D eigenvalue weighted by Crippen LogP contribution is 2.58. The van der Waals surface area contributed by atoms with Crippen LogP contribution in [0.1, 0.15) is 74.9 Å². The van der Waals surface area contributed by atoms with Gasteiger partial charge in [0, 0.05) is 32.9 Å². The Labute approximate surface area is 343 Å². The quantitative estimate of drug-likeness (QED) is 0.170. The molecular formula is C57H47N. The van der Waals surface area contributed by atoms with Gasteiger partial charge in [-0.15, -0.1) is 0 Å². The van der Waals surface area contributed by atoms with Crippen molar-refractivity contribution >= 4 is 17.1 Å². The highest BCUT2D eigenvalue weighted by molar-refractivity contribution is 6.02. The van der Waals surface area contributed by atoms with Crippen LogP contribution in [-0.4, -0.2) is 0 Å². The van der Waals surface area contributed by atoms with Crippen LogP contribution >= 0.6 is 0 Å². The predicted octanol–water partition coefficient (Wildman–Crippen LogP) is 15.4. The third-order valence-electron chi connectivity index (χ3n) is 13.9. The maximum Gasteiger partial charge on any atom is 0.0543 e. The Morgan fingerprint density at radius 3 is 1.40 bits per heavy atom. The highest BCUT2D eigenvalue weighted by Gasteiger charge is 2.41. The molecule has 0 aliphatic heterocycles. The van der Waals surface area contributed by atoms with Gasteiger partial charge in [0.05, 0.1) is 17.1 Å². The summed E-state index contributed by atoms with van der Waals surface area (Å²) in [5.41, 5.74) is 24.3. The first-order valence-corrected chi connectivity index (χ1v) is 20.8. The lowest BCUT2D eigenvalue weighted by Crippen LogP contribution is -2.18. The standard InChI is InChI=1S/C57H47N/c1-55(2)47-28-14-9-23-44(47)53-48(55)29-18-32-52(53)58(50-30-15-10-19-37(50)36-33-34-40-38-20-7-12-26-45(38)56(3,4)49(40)35-36)51-31-16-11-22-41(51)43-25-17-24-42-39-21-8-13-27-46(39)57(5,6)54(42)43/h7-35H,1-6H3. The topological polar surface area (TPSA) is 3.24 Å². The summed E-state index contributed by atoms with van der Waals surface area (Å²) in [5.74, 6) is 0. The molecule has 0 amide bonds. The van der Waals surface area contributed by atoms with E-state index in [9.17, 15) is 0 Å². The second kappa shape index (κ2) is 12.3. The zero-order chi connectivity index (χ0) is 39.6. The summed E-state index contributed by atoms with van der Waals surface area (Å²) in [6.45, 7) is 14.3. The summed E-state index contributed by atoms with van der Waals surface area (Å²) < 4.78 is 0. The van der Waals surface area contributed by atoms with Crippen LogP contribution in [0.15, 0.2) is 176 Å². The van der Waals surface area contributed by atoms with E-state index >= 15 is 0 Å². The van der Waals surface area contributed by atoms with Crippen molar-refractivity contribution in [3.05, 3.63) is 209 Å². The Morgan fingerprint density at radius 1 is 0.293 bits per heavy atom. The molecule has 0 fully saturated rings. The van der Waals surface area contributed by atoms with E-state index in [-0.39, 0.29) is 16.2 Å². The van der Waals surface area contributed by atoms with Crippen LogP contribution in [0.2, 0.25) is 0 Å². The van der Waals surface area contributed by atoms with Gasteiger partial charge >= 0.3 is 0 Å². The molecule has 3 aliphatic rings. The fraction of sp³-hybridized carbons (Fsp3) is 0.158. The second-order valence-electron chi connectivity index (χ2n) is 18.1. The Kier molecular flexibility index (Phi) is 7.36. The predicted molar refractivity (Wildman–Crippen MR) is 245 cm³/mol. The summed E-state index contributed by atoms with van der Waals surface area (Å²) in [5, 5.41) is 0. The molecule has 11 rings (SSSR count). The molecule has 0 heterocycles. The van der Waals surface area contributed by atoms with Crippen molar-refractivity contribution in [1.29, 1.82) is 0 Å². The zero-order valence-corrected chi connectivity index (χ0v) is 34.2. The number of rotatable bonds is 5. The number of para-hydroxylation sites is 2. The lowest BCUT2D eigenvalue weighted by Gasteiger charge is -2.33.